The van der Waals surface area contributed by atoms with Gasteiger partial charge in [0.2, 0.25) is 0 Å². The number of rotatable bonds is 9. The standard InChI is InChI=1S/C29H28O2/c30-16-17-31-29-27(19-24-12-6-2-7-13-24)21-26(18-23-10-4-1-5-11-23)22-28(29)20-25-14-8-3-9-15-25/h1-15,21-22,30H,16-20H2. The number of ether oxygens (including phenoxy) is 1. The van der Waals surface area contributed by atoms with E-state index in [-0.39, 0.29) is 6.61 Å². The molecule has 0 aliphatic rings. The molecule has 0 aliphatic carbocycles. The van der Waals surface area contributed by atoms with Crippen molar-refractivity contribution in [3.8, 4) is 5.75 Å². The molecule has 0 atom stereocenters. The summed E-state index contributed by atoms with van der Waals surface area (Å²) in [5, 5.41) is 9.41. The van der Waals surface area contributed by atoms with Gasteiger partial charge in [-0.15, -0.1) is 0 Å². The van der Waals surface area contributed by atoms with Crippen LogP contribution in [0.2, 0.25) is 0 Å². The van der Waals surface area contributed by atoms with E-state index in [1.165, 1.54) is 33.4 Å². The van der Waals surface area contributed by atoms with Crippen molar-refractivity contribution in [1.82, 2.24) is 0 Å². The zero-order valence-electron chi connectivity index (χ0n) is 17.7. The average Bonchev–Trinajstić information content (AvgIpc) is 2.81. The Kier molecular flexibility index (Phi) is 7.15. The summed E-state index contributed by atoms with van der Waals surface area (Å²) in [5.41, 5.74) is 7.40. The molecule has 0 aliphatic heterocycles. The Morgan fingerprint density at radius 2 is 0.935 bits per heavy atom. The van der Waals surface area contributed by atoms with Gasteiger partial charge in [0, 0.05) is 12.8 Å². The number of hydrogen-bond acceptors (Lipinski definition) is 2. The Hall–Kier alpha value is -3.36. The Morgan fingerprint density at radius 3 is 1.35 bits per heavy atom. The Morgan fingerprint density at radius 1 is 0.516 bits per heavy atom. The quantitative estimate of drug-likeness (QED) is 0.378. The van der Waals surface area contributed by atoms with E-state index < -0.39 is 0 Å². The third-order valence-corrected chi connectivity index (χ3v) is 5.37. The lowest BCUT2D eigenvalue weighted by molar-refractivity contribution is 0.199. The van der Waals surface area contributed by atoms with Gasteiger partial charge in [-0.2, -0.15) is 0 Å². The molecule has 0 unspecified atom stereocenters. The molecule has 0 aromatic heterocycles. The molecule has 0 amide bonds. The highest BCUT2D eigenvalue weighted by Gasteiger charge is 2.14. The smallest absolute Gasteiger partial charge is 0.126 e. The van der Waals surface area contributed by atoms with Gasteiger partial charge < -0.3 is 9.84 Å². The molecule has 4 aromatic rings. The number of aliphatic hydroxyl groups is 1. The summed E-state index contributed by atoms with van der Waals surface area (Å²) in [6.45, 7) is 0.295. The van der Waals surface area contributed by atoms with Crippen molar-refractivity contribution < 1.29 is 9.84 Å². The first-order chi connectivity index (χ1) is 15.3. The third kappa shape index (κ3) is 5.84. The first-order valence-electron chi connectivity index (χ1n) is 10.8. The van der Waals surface area contributed by atoms with Gasteiger partial charge in [-0.3, -0.25) is 0 Å². The van der Waals surface area contributed by atoms with Crippen LogP contribution in [0.3, 0.4) is 0 Å². The van der Waals surface area contributed by atoms with Crippen molar-refractivity contribution in [1.29, 1.82) is 0 Å². The normalized spacial score (nSPS) is 10.7. The van der Waals surface area contributed by atoms with Gasteiger partial charge in [-0.1, -0.05) is 103 Å². The van der Waals surface area contributed by atoms with E-state index in [1.807, 2.05) is 12.1 Å². The van der Waals surface area contributed by atoms with E-state index in [0.717, 1.165) is 25.0 Å². The second kappa shape index (κ2) is 10.6. The zero-order valence-corrected chi connectivity index (χ0v) is 17.7. The Labute approximate surface area is 184 Å². The van der Waals surface area contributed by atoms with Crippen LogP contribution in [0.15, 0.2) is 103 Å². The number of hydrogen-bond donors (Lipinski definition) is 1. The van der Waals surface area contributed by atoms with Gasteiger partial charge >= 0.3 is 0 Å². The first kappa shape index (κ1) is 20.9. The fraction of sp³-hybridized carbons (Fsp3) is 0.172. The predicted octanol–water partition coefficient (Wildman–Crippen LogP) is 5.83. The van der Waals surface area contributed by atoms with Crippen LogP contribution in [0.4, 0.5) is 0 Å². The van der Waals surface area contributed by atoms with Crippen LogP contribution in [0.1, 0.15) is 33.4 Å². The summed E-state index contributed by atoms with van der Waals surface area (Å²) < 4.78 is 6.12. The van der Waals surface area contributed by atoms with Crippen molar-refractivity contribution >= 4 is 0 Å². The molecule has 0 saturated heterocycles. The molecule has 2 heteroatoms. The number of benzene rings is 4. The van der Waals surface area contributed by atoms with Gasteiger partial charge in [0.1, 0.15) is 12.4 Å². The van der Waals surface area contributed by atoms with E-state index in [0.29, 0.717) is 6.61 Å². The van der Waals surface area contributed by atoms with Crippen molar-refractivity contribution in [2.24, 2.45) is 0 Å². The lowest BCUT2D eigenvalue weighted by Gasteiger charge is -2.18. The second-order valence-corrected chi connectivity index (χ2v) is 7.80. The maximum Gasteiger partial charge on any atom is 0.126 e. The molecule has 0 heterocycles. The summed E-state index contributed by atoms with van der Waals surface area (Å²) >= 11 is 0. The van der Waals surface area contributed by atoms with Gasteiger partial charge in [0.05, 0.1) is 6.61 Å². The zero-order chi connectivity index (χ0) is 21.3. The average molecular weight is 409 g/mol. The maximum atomic E-state index is 9.41. The van der Waals surface area contributed by atoms with Crippen LogP contribution in [0, 0.1) is 0 Å². The van der Waals surface area contributed by atoms with E-state index >= 15 is 0 Å². The number of aliphatic hydroxyl groups excluding tert-OH is 1. The Balaban J connectivity index is 1.76. The minimum Gasteiger partial charge on any atom is -0.491 e. The van der Waals surface area contributed by atoms with E-state index in [4.69, 9.17) is 4.74 Å². The van der Waals surface area contributed by atoms with Crippen LogP contribution in [0.5, 0.6) is 5.75 Å². The molecule has 31 heavy (non-hydrogen) atoms. The van der Waals surface area contributed by atoms with Gasteiger partial charge in [-0.05, 0) is 39.8 Å². The summed E-state index contributed by atoms with van der Waals surface area (Å²) in [6.07, 6.45) is 2.47. The molecule has 0 fully saturated rings. The highest BCUT2D eigenvalue weighted by molar-refractivity contribution is 5.49. The van der Waals surface area contributed by atoms with Crippen LogP contribution >= 0.6 is 0 Å². The molecular weight excluding hydrogens is 380 g/mol. The van der Waals surface area contributed by atoms with Crippen LogP contribution in [-0.4, -0.2) is 18.3 Å². The summed E-state index contributed by atoms with van der Waals surface area (Å²) in [5.74, 6) is 0.901. The predicted molar refractivity (Wildman–Crippen MR) is 127 cm³/mol. The van der Waals surface area contributed by atoms with Crippen molar-refractivity contribution in [2.45, 2.75) is 19.3 Å². The van der Waals surface area contributed by atoms with Gasteiger partial charge in [-0.25, -0.2) is 0 Å². The van der Waals surface area contributed by atoms with Gasteiger partial charge in [0.15, 0.2) is 0 Å². The molecule has 0 spiro atoms. The topological polar surface area (TPSA) is 29.5 Å². The minimum absolute atomic E-state index is 0.00131. The van der Waals surface area contributed by atoms with Crippen molar-refractivity contribution in [3.63, 3.8) is 0 Å². The van der Waals surface area contributed by atoms with Crippen molar-refractivity contribution in [3.05, 3.63) is 137 Å². The van der Waals surface area contributed by atoms with Crippen molar-refractivity contribution in [2.75, 3.05) is 13.2 Å². The highest BCUT2D eigenvalue weighted by Crippen LogP contribution is 2.31. The lowest BCUT2D eigenvalue weighted by atomic mass is 9.92. The second-order valence-electron chi connectivity index (χ2n) is 7.80. The minimum atomic E-state index is 0.00131. The highest BCUT2D eigenvalue weighted by atomic mass is 16.5. The van der Waals surface area contributed by atoms with E-state index in [1.54, 1.807) is 0 Å². The molecule has 0 radical (unpaired) electrons. The largest absolute Gasteiger partial charge is 0.491 e. The van der Waals surface area contributed by atoms with Gasteiger partial charge in [0.25, 0.3) is 0 Å². The molecule has 156 valence electrons. The summed E-state index contributed by atoms with van der Waals surface area (Å²) in [4.78, 5) is 0. The molecule has 4 aromatic carbocycles. The monoisotopic (exact) mass is 408 g/mol. The first-order valence-corrected chi connectivity index (χ1v) is 10.8. The fourth-order valence-electron chi connectivity index (χ4n) is 3.99. The summed E-state index contributed by atoms with van der Waals surface area (Å²) in [6, 6.07) is 36.1. The fourth-order valence-corrected chi connectivity index (χ4v) is 3.99. The SMILES string of the molecule is OCCOc1c(Cc2ccccc2)cc(Cc2ccccc2)cc1Cc1ccccc1. The third-order valence-electron chi connectivity index (χ3n) is 5.37. The molecule has 1 N–H and O–H groups in total. The molecule has 0 saturated carbocycles. The lowest BCUT2D eigenvalue weighted by Crippen LogP contribution is -2.08. The summed E-state index contributed by atoms with van der Waals surface area (Å²) in [7, 11) is 0. The Bertz CT molecular complexity index is 1010. The molecule has 4 rings (SSSR count). The molecule has 0 bridgehead atoms. The molecular formula is C29H28O2. The van der Waals surface area contributed by atoms with Crippen LogP contribution in [0.25, 0.3) is 0 Å². The van der Waals surface area contributed by atoms with Crippen LogP contribution < -0.4 is 4.74 Å². The van der Waals surface area contributed by atoms with Crippen LogP contribution in [-0.2, 0) is 19.3 Å². The van der Waals surface area contributed by atoms with E-state index in [2.05, 4.69) is 91.0 Å². The van der Waals surface area contributed by atoms with E-state index in [9.17, 15) is 5.11 Å². The molecule has 2 nitrogen and oxygen atoms in total. The maximum absolute atomic E-state index is 9.41.